The van der Waals surface area contributed by atoms with E-state index in [1.165, 1.54) is 0 Å². The van der Waals surface area contributed by atoms with Crippen molar-refractivity contribution in [1.82, 2.24) is 0 Å². The Kier molecular flexibility index (Phi) is 7.96. The van der Waals surface area contributed by atoms with Crippen LogP contribution in [0.15, 0.2) is 66.7 Å². The van der Waals surface area contributed by atoms with Gasteiger partial charge in [-0.15, -0.1) is 0 Å². The van der Waals surface area contributed by atoms with Gasteiger partial charge in [0.2, 0.25) is 0 Å². The van der Waals surface area contributed by atoms with Crippen LogP contribution in [-0.4, -0.2) is 29.6 Å². The van der Waals surface area contributed by atoms with Crippen LogP contribution in [0.2, 0.25) is 0 Å². The Morgan fingerprint density at radius 1 is 0.895 bits per heavy atom. The molecule has 1 atom stereocenters. The molecule has 3 aromatic carbocycles. The molecule has 4 rings (SSSR count). The first-order chi connectivity index (χ1) is 18.2. The van der Waals surface area contributed by atoms with Crippen molar-refractivity contribution in [3.05, 3.63) is 89.0 Å². The minimum absolute atomic E-state index is 0.0645. The zero-order valence-electron chi connectivity index (χ0n) is 21.7. The third-order valence-electron chi connectivity index (χ3n) is 6.52. The van der Waals surface area contributed by atoms with Gasteiger partial charge in [-0.05, 0) is 90.0 Å². The van der Waals surface area contributed by atoms with Crippen molar-refractivity contribution in [1.29, 1.82) is 0 Å². The van der Waals surface area contributed by atoms with Gasteiger partial charge in [0.05, 0.1) is 12.2 Å². The van der Waals surface area contributed by atoms with Crippen LogP contribution < -0.4 is 14.2 Å². The first kappa shape index (κ1) is 26.7. The number of ether oxygens (including phenoxy) is 3. The number of aliphatic carboxylic acids is 1. The predicted octanol–water partition coefficient (Wildman–Crippen LogP) is 6.33. The van der Waals surface area contributed by atoms with Crippen molar-refractivity contribution >= 4 is 17.9 Å². The lowest BCUT2D eigenvalue weighted by molar-refractivity contribution is -0.137. The number of carbonyl (C=O) groups is 3. The molecule has 1 aliphatic carbocycles. The Morgan fingerprint density at radius 2 is 1.50 bits per heavy atom. The van der Waals surface area contributed by atoms with Gasteiger partial charge in [0.15, 0.2) is 0 Å². The fourth-order valence-electron chi connectivity index (χ4n) is 4.50. The topological polar surface area (TPSA) is 99.1 Å². The van der Waals surface area contributed by atoms with Crippen molar-refractivity contribution in [2.45, 2.75) is 46.0 Å². The smallest absolute Gasteiger partial charge is 0.343 e. The lowest BCUT2D eigenvalue weighted by atomic mass is 9.99. The van der Waals surface area contributed by atoms with Crippen molar-refractivity contribution in [2.24, 2.45) is 0 Å². The number of fused-ring (bicyclic) bond motifs is 3. The van der Waals surface area contributed by atoms with Crippen LogP contribution >= 0.6 is 0 Å². The van der Waals surface area contributed by atoms with Crippen LogP contribution in [0.3, 0.4) is 0 Å². The Hall–Kier alpha value is -4.39. The number of hydrogen-bond acceptors (Lipinski definition) is 6. The van der Waals surface area contributed by atoms with Gasteiger partial charge < -0.3 is 19.3 Å². The average molecular weight is 515 g/mol. The summed E-state index contributed by atoms with van der Waals surface area (Å²) >= 11 is 0. The highest BCUT2D eigenvalue weighted by Crippen LogP contribution is 2.47. The van der Waals surface area contributed by atoms with E-state index in [0.717, 1.165) is 22.3 Å². The van der Waals surface area contributed by atoms with Crippen molar-refractivity contribution < 1.29 is 33.7 Å². The quantitative estimate of drug-likeness (QED) is 0.146. The summed E-state index contributed by atoms with van der Waals surface area (Å²) in [6.45, 7) is 9.49. The van der Waals surface area contributed by atoms with Crippen molar-refractivity contribution in [2.75, 3.05) is 6.61 Å². The molecule has 0 amide bonds. The van der Waals surface area contributed by atoms with E-state index in [1.807, 2.05) is 37.3 Å². The van der Waals surface area contributed by atoms with Gasteiger partial charge >= 0.3 is 17.9 Å². The summed E-state index contributed by atoms with van der Waals surface area (Å²) in [4.78, 5) is 35.6. The number of hydrogen-bond donors (Lipinski definition) is 1. The molecule has 0 saturated heterocycles. The molecule has 0 spiro atoms. The van der Waals surface area contributed by atoms with E-state index in [0.29, 0.717) is 53.4 Å². The SMILES string of the molecule is C=C(C)C(=O)Oc1ccc(C(=O)Oc2ccc3c(c2)C(C)c2cc(OCCCC(=O)O)ccc2-3)c(CC)c1. The minimum Gasteiger partial charge on any atom is -0.494 e. The predicted molar refractivity (Wildman–Crippen MR) is 143 cm³/mol. The first-order valence-electron chi connectivity index (χ1n) is 12.5. The maximum atomic E-state index is 13.1. The number of rotatable bonds is 10. The lowest BCUT2D eigenvalue weighted by Gasteiger charge is -2.12. The second-order valence-corrected chi connectivity index (χ2v) is 9.30. The highest BCUT2D eigenvalue weighted by atomic mass is 16.5. The standard InChI is InChI=1S/C31H30O7/c1-5-20-15-22(37-30(34)18(2)3)9-11-24(20)31(35)38-23-10-13-26-25-12-8-21(36-14-6-7-29(32)33)16-27(25)19(4)28(26)17-23/h8-13,15-17,19H,2,5-7,14H2,1,3-4H3,(H,32,33). The number of carbonyl (C=O) groups excluding carboxylic acids is 2. The number of esters is 2. The monoisotopic (exact) mass is 514 g/mol. The molecule has 0 aromatic heterocycles. The average Bonchev–Trinajstić information content (AvgIpc) is 3.17. The molecule has 0 saturated carbocycles. The van der Waals surface area contributed by atoms with E-state index in [4.69, 9.17) is 19.3 Å². The summed E-state index contributed by atoms with van der Waals surface area (Å²) in [7, 11) is 0. The molecule has 3 aromatic rings. The number of carboxylic acid groups (broad SMARTS) is 1. The Labute approximate surface area is 221 Å². The van der Waals surface area contributed by atoms with E-state index >= 15 is 0 Å². The lowest BCUT2D eigenvalue weighted by Crippen LogP contribution is -2.13. The van der Waals surface area contributed by atoms with Gasteiger partial charge in [0.25, 0.3) is 0 Å². The zero-order valence-corrected chi connectivity index (χ0v) is 21.7. The van der Waals surface area contributed by atoms with Gasteiger partial charge in [-0.2, -0.15) is 0 Å². The van der Waals surface area contributed by atoms with Crippen LogP contribution in [0, 0.1) is 0 Å². The molecule has 7 heteroatoms. The third kappa shape index (κ3) is 5.78. The maximum absolute atomic E-state index is 13.1. The van der Waals surface area contributed by atoms with Gasteiger partial charge in [-0.3, -0.25) is 4.79 Å². The third-order valence-corrected chi connectivity index (χ3v) is 6.52. The van der Waals surface area contributed by atoms with Crippen molar-refractivity contribution in [3.8, 4) is 28.4 Å². The largest absolute Gasteiger partial charge is 0.494 e. The van der Waals surface area contributed by atoms with E-state index < -0.39 is 17.9 Å². The Balaban J connectivity index is 1.48. The second-order valence-electron chi connectivity index (χ2n) is 9.30. The number of carboxylic acids is 1. The molecule has 196 valence electrons. The second kappa shape index (κ2) is 11.3. The summed E-state index contributed by atoms with van der Waals surface area (Å²) in [5.41, 5.74) is 5.72. The van der Waals surface area contributed by atoms with Gasteiger partial charge in [0, 0.05) is 17.9 Å². The Bertz CT molecular complexity index is 1420. The van der Waals surface area contributed by atoms with Crippen LogP contribution in [0.25, 0.3) is 11.1 Å². The molecular weight excluding hydrogens is 484 g/mol. The summed E-state index contributed by atoms with van der Waals surface area (Å²) < 4.78 is 16.8. The van der Waals surface area contributed by atoms with E-state index in [2.05, 4.69) is 13.5 Å². The van der Waals surface area contributed by atoms with Crippen LogP contribution in [0.5, 0.6) is 17.2 Å². The fourth-order valence-corrected chi connectivity index (χ4v) is 4.50. The normalized spacial score (nSPS) is 13.3. The van der Waals surface area contributed by atoms with E-state index in [9.17, 15) is 14.4 Å². The molecule has 7 nitrogen and oxygen atoms in total. The van der Waals surface area contributed by atoms with E-state index in [1.54, 1.807) is 31.2 Å². The van der Waals surface area contributed by atoms with Crippen LogP contribution in [-0.2, 0) is 16.0 Å². The number of benzene rings is 3. The van der Waals surface area contributed by atoms with Crippen LogP contribution in [0.4, 0.5) is 0 Å². The van der Waals surface area contributed by atoms with Crippen LogP contribution in [0.1, 0.15) is 66.6 Å². The van der Waals surface area contributed by atoms with Crippen molar-refractivity contribution in [3.63, 3.8) is 0 Å². The molecule has 0 heterocycles. The molecule has 38 heavy (non-hydrogen) atoms. The van der Waals surface area contributed by atoms with Gasteiger partial charge in [-0.1, -0.05) is 32.6 Å². The fraction of sp³-hybridized carbons (Fsp3) is 0.258. The van der Waals surface area contributed by atoms with Gasteiger partial charge in [-0.25, -0.2) is 9.59 Å². The molecule has 0 bridgehead atoms. The zero-order chi connectivity index (χ0) is 27.4. The molecule has 0 radical (unpaired) electrons. The summed E-state index contributed by atoms with van der Waals surface area (Å²) in [6.07, 6.45) is 1.07. The highest BCUT2D eigenvalue weighted by Gasteiger charge is 2.27. The maximum Gasteiger partial charge on any atom is 0.343 e. The molecule has 0 fully saturated rings. The highest BCUT2D eigenvalue weighted by molar-refractivity contribution is 5.94. The summed E-state index contributed by atoms with van der Waals surface area (Å²) in [5.74, 6) is -0.291. The molecule has 0 aliphatic heterocycles. The summed E-state index contributed by atoms with van der Waals surface area (Å²) in [6, 6.07) is 16.3. The Morgan fingerprint density at radius 3 is 2.13 bits per heavy atom. The molecule has 1 N–H and O–H groups in total. The van der Waals surface area contributed by atoms with Gasteiger partial charge in [0.1, 0.15) is 17.2 Å². The summed E-state index contributed by atoms with van der Waals surface area (Å²) in [5, 5.41) is 8.79. The number of aryl methyl sites for hydroxylation is 1. The molecular formula is C31H30O7. The first-order valence-corrected chi connectivity index (χ1v) is 12.5. The molecule has 1 unspecified atom stereocenters. The minimum atomic E-state index is -0.838. The molecule has 1 aliphatic rings. The van der Waals surface area contributed by atoms with E-state index in [-0.39, 0.29) is 12.3 Å².